The number of rotatable bonds is 67. The molecule has 0 saturated heterocycles. The molecule has 0 aliphatic rings. The topological polar surface area (TPSA) is 237 Å². The average molecular weight is 1300 g/mol. The molecule has 19 heteroatoms. The van der Waals surface area contributed by atoms with Crippen molar-refractivity contribution >= 4 is 39.5 Å². The second-order valence-corrected chi connectivity index (χ2v) is 29.3. The Balaban J connectivity index is 5.23. The standard InChI is InChI=1S/C69H134O17P2/c1-8-9-10-11-12-13-14-15-16-17-18-19-24-29-38-45-52-68(73)85-64(56-79-66(71)50-43-36-28-23-21-20-22-26-33-40-47-60(2)3)58-83-87(75,76)81-54-63(70)55-82-88(77,78)84-59-65(57-80-67(72)51-44-37-32-31-35-42-49-62(6)7)86-69(74)53-46-39-30-25-27-34-41-48-61(4)5/h60-65,70H,8-59H2,1-7H3,(H,75,76)(H,77,78)/t63-,64-,65-/m1/s1. The van der Waals surface area contributed by atoms with E-state index in [4.69, 9.17) is 37.0 Å². The van der Waals surface area contributed by atoms with Gasteiger partial charge >= 0.3 is 39.5 Å². The van der Waals surface area contributed by atoms with Crippen LogP contribution in [0.15, 0.2) is 0 Å². The molecule has 0 aromatic heterocycles. The van der Waals surface area contributed by atoms with E-state index in [2.05, 4.69) is 48.5 Å². The van der Waals surface area contributed by atoms with Gasteiger partial charge < -0.3 is 33.8 Å². The lowest BCUT2D eigenvalue weighted by molar-refractivity contribution is -0.161. The number of aliphatic hydroxyl groups is 1. The maximum absolute atomic E-state index is 13.0. The van der Waals surface area contributed by atoms with Crippen molar-refractivity contribution in [2.45, 2.75) is 362 Å². The molecule has 88 heavy (non-hydrogen) atoms. The zero-order valence-corrected chi connectivity index (χ0v) is 59.0. The molecule has 0 rings (SSSR count). The van der Waals surface area contributed by atoms with Crippen LogP contribution >= 0.6 is 15.6 Å². The first-order valence-corrected chi connectivity index (χ1v) is 38.8. The van der Waals surface area contributed by atoms with Crippen molar-refractivity contribution in [3.63, 3.8) is 0 Å². The highest BCUT2D eigenvalue weighted by Gasteiger charge is 2.30. The normalized spacial score (nSPS) is 14.2. The summed E-state index contributed by atoms with van der Waals surface area (Å²) in [6.07, 6.45) is 43.3. The molecule has 0 fully saturated rings. The number of aliphatic hydroxyl groups excluding tert-OH is 1. The van der Waals surface area contributed by atoms with Crippen molar-refractivity contribution in [3.8, 4) is 0 Å². The fourth-order valence-electron chi connectivity index (χ4n) is 10.4. The molecule has 0 aromatic rings. The van der Waals surface area contributed by atoms with Gasteiger partial charge in [0.2, 0.25) is 0 Å². The van der Waals surface area contributed by atoms with Crippen LogP contribution < -0.4 is 0 Å². The minimum atomic E-state index is -4.95. The van der Waals surface area contributed by atoms with E-state index in [0.29, 0.717) is 37.5 Å². The molecular weight excluding hydrogens is 1160 g/mol. The van der Waals surface area contributed by atoms with Crippen LogP contribution in [0.3, 0.4) is 0 Å². The zero-order valence-electron chi connectivity index (χ0n) is 57.2. The smallest absolute Gasteiger partial charge is 0.462 e. The van der Waals surface area contributed by atoms with E-state index in [1.54, 1.807) is 0 Å². The molecule has 0 aliphatic carbocycles. The highest BCUT2D eigenvalue weighted by Crippen LogP contribution is 2.45. The van der Waals surface area contributed by atoms with Crippen LogP contribution in [-0.4, -0.2) is 96.7 Å². The summed E-state index contributed by atoms with van der Waals surface area (Å²) in [4.78, 5) is 72.4. The minimum Gasteiger partial charge on any atom is -0.462 e. The third-order valence-corrected chi connectivity index (χ3v) is 17.8. The summed E-state index contributed by atoms with van der Waals surface area (Å²) < 4.78 is 68.2. The zero-order chi connectivity index (χ0) is 65.2. The van der Waals surface area contributed by atoms with Gasteiger partial charge in [-0.15, -0.1) is 0 Å². The minimum absolute atomic E-state index is 0.102. The Labute approximate surface area is 537 Å². The Morgan fingerprint density at radius 3 is 0.773 bits per heavy atom. The summed E-state index contributed by atoms with van der Waals surface area (Å²) in [7, 11) is -9.90. The van der Waals surface area contributed by atoms with Crippen molar-refractivity contribution < 1.29 is 80.2 Å². The van der Waals surface area contributed by atoms with Gasteiger partial charge in [-0.2, -0.15) is 0 Å². The SMILES string of the molecule is CCCCCCCCCCCCCCCCCCC(=O)O[C@H](COC(=O)CCCCCCCCCCCCC(C)C)COP(=O)(O)OC[C@@H](O)COP(=O)(O)OC[C@@H](COC(=O)CCCCCCCCC(C)C)OC(=O)CCCCCCCCCC(C)C. The van der Waals surface area contributed by atoms with E-state index in [1.165, 1.54) is 148 Å². The van der Waals surface area contributed by atoms with E-state index >= 15 is 0 Å². The lowest BCUT2D eigenvalue weighted by atomic mass is 10.0. The molecule has 0 heterocycles. The number of ether oxygens (including phenoxy) is 4. The molecule has 3 N–H and O–H groups in total. The fraction of sp³-hybridized carbons (Fsp3) is 0.942. The van der Waals surface area contributed by atoms with E-state index in [0.717, 1.165) is 102 Å². The first-order chi connectivity index (χ1) is 42.2. The van der Waals surface area contributed by atoms with Gasteiger partial charge in [0.15, 0.2) is 12.2 Å². The molecule has 5 atom stereocenters. The third kappa shape index (κ3) is 62.8. The largest absolute Gasteiger partial charge is 0.472 e. The Bertz CT molecular complexity index is 1730. The summed E-state index contributed by atoms with van der Waals surface area (Å²) in [5, 5.41) is 10.6. The van der Waals surface area contributed by atoms with Crippen molar-refractivity contribution in [2.24, 2.45) is 17.8 Å². The average Bonchev–Trinajstić information content (AvgIpc) is 3.70. The van der Waals surface area contributed by atoms with E-state index in [9.17, 15) is 43.2 Å². The van der Waals surface area contributed by atoms with Crippen LogP contribution in [0.1, 0.15) is 344 Å². The van der Waals surface area contributed by atoms with Gasteiger partial charge in [0.1, 0.15) is 19.3 Å². The molecular formula is C69H134O17P2. The van der Waals surface area contributed by atoms with Crippen molar-refractivity contribution in [3.05, 3.63) is 0 Å². The van der Waals surface area contributed by atoms with E-state index in [1.807, 2.05) is 0 Å². The predicted octanol–water partition coefficient (Wildman–Crippen LogP) is 19.5. The Kier molecular flexibility index (Phi) is 58.7. The molecule has 2 unspecified atom stereocenters. The number of hydrogen-bond acceptors (Lipinski definition) is 15. The van der Waals surface area contributed by atoms with Gasteiger partial charge in [0.25, 0.3) is 0 Å². The maximum Gasteiger partial charge on any atom is 0.472 e. The highest BCUT2D eigenvalue weighted by molar-refractivity contribution is 7.47. The van der Waals surface area contributed by atoms with E-state index in [-0.39, 0.29) is 25.7 Å². The fourth-order valence-corrected chi connectivity index (χ4v) is 11.9. The molecule has 0 radical (unpaired) electrons. The summed E-state index contributed by atoms with van der Waals surface area (Å²) in [6, 6.07) is 0. The number of unbranched alkanes of at least 4 members (excludes halogenated alkanes) is 35. The molecule has 0 spiro atoms. The summed E-state index contributed by atoms with van der Waals surface area (Å²) in [5.74, 6) is 0.00246. The number of esters is 4. The number of carbonyl (C=O) groups is 4. The first kappa shape index (κ1) is 86.1. The Morgan fingerprint density at radius 1 is 0.307 bits per heavy atom. The van der Waals surface area contributed by atoms with E-state index < -0.39 is 97.5 Å². The van der Waals surface area contributed by atoms with Crippen LogP contribution in [0.25, 0.3) is 0 Å². The summed E-state index contributed by atoms with van der Waals surface area (Å²) in [6.45, 7) is 11.7. The van der Waals surface area contributed by atoms with Crippen molar-refractivity contribution in [1.82, 2.24) is 0 Å². The summed E-state index contributed by atoms with van der Waals surface area (Å²) in [5.41, 5.74) is 0. The van der Waals surface area contributed by atoms with Gasteiger partial charge in [0.05, 0.1) is 26.4 Å². The molecule has 0 bridgehead atoms. The van der Waals surface area contributed by atoms with Crippen molar-refractivity contribution in [1.29, 1.82) is 0 Å². The molecule has 0 saturated carbocycles. The molecule has 0 aromatic carbocycles. The second-order valence-electron chi connectivity index (χ2n) is 26.3. The Morgan fingerprint density at radius 2 is 0.523 bits per heavy atom. The molecule has 0 amide bonds. The van der Waals surface area contributed by atoms with Gasteiger partial charge in [0, 0.05) is 25.7 Å². The predicted molar refractivity (Wildman–Crippen MR) is 354 cm³/mol. The van der Waals surface area contributed by atoms with Gasteiger partial charge in [-0.3, -0.25) is 37.3 Å². The molecule has 17 nitrogen and oxygen atoms in total. The summed E-state index contributed by atoms with van der Waals surface area (Å²) >= 11 is 0. The highest BCUT2D eigenvalue weighted by atomic mass is 31.2. The third-order valence-electron chi connectivity index (χ3n) is 15.9. The van der Waals surface area contributed by atoms with Gasteiger partial charge in [-0.1, -0.05) is 292 Å². The van der Waals surface area contributed by atoms with Crippen molar-refractivity contribution in [2.75, 3.05) is 39.6 Å². The maximum atomic E-state index is 13.0. The number of phosphoric acid groups is 2. The number of hydrogen-bond donors (Lipinski definition) is 3. The number of carbonyl (C=O) groups excluding carboxylic acids is 4. The quantitative estimate of drug-likeness (QED) is 0.0222. The lowest BCUT2D eigenvalue weighted by Gasteiger charge is -2.21. The lowest BCUT2D eigenvalue weighted by Crippen LogP contribution is -2.30. The second kappa shape index (κ2) is 60.0. The van der Waals surface area contributed by atoms with Gasteiger partial charge in [-0.25, -0.2) is 9.13 Å². The molecule has 522 valence electrons. The van der Waals surface area contributed by atoms with Crippen LogP contribution in [0.4, 0.5) is 0 Å². The monoisotopic (exact) mass is 1300 g/mol. The van der Waals surface area contributed by atoms with Gasteiger partial charge in [-0.05, 0) is 43.4 Å². The Hall–Kier alpha value is -1.94. The van der Waals surface area contributed by atoms with Crippen LogP contribution in [0, 0.1) is 17.8 Å². The molecule has 0 aliphatic heterocycles. The van der Waals surface area contributed by atoms with Crippen LogP contribution in [0.5, 0.6) is 0 Å². The number of phosphoric ester groups is 2. The van der Waals surface area contributed by atoms with Crippen LogP contribution in [-0.2, 0) is 65.4 Å². The van der Waals surface area contributed by atoms with Crippen LogP contribution in [0.2, 0.25) is 0 Å². The first-order valence-electron chi connectivity index (χ1n) is 35.8.